The lowest BCUT2D eigenvalue weighted by Gasteiger charge is -2.38. The lowest BCUT2D eigenvalue weighted by molar-refractivity contribution is -0.128. The molecule has 2 aliphatic heterocycles. The minimum atomic E-state index is 0.150. The summed E-state index contributed by atoms with van der Waals surface area (Å²) in [5.74, 6) is 1.04. The number of amides is 1. The van der Waals surface area contributed by atoms with E-state index in [1.165, 1.54) is 0 Å². The van der Waals surface area contributed by atoms with E-state index < -0.39 is 0 Å². The molecule has 128 valence electrons. The van der Waals surface area contributed by atoms with Crippen molar-refractivity contribution in [2.75, 3.05) is 20.2 Å². The molecule has 2 N–H and O–H groups in total. The molecule has 1 saturated heterocycles. The van der Waals surface area contributed by atoms with Gasteiger partial charge in [0.25, 0.3) is 5.91 Å². The van der Waals surface area contributed by atoms with Crippen LogP contribution in [-0.2, 0) is 11.3 Å². The number of carbonyl (C=O) groups excluding carboxylic acids is 1. The fraction of sp³-hybridized carbons (Fsp3) is 0.526. The number of ether oxygens (including phenoxy) is 1. The summed E-state index contributed by atoms with van der Waals surface area (Å²) in [6.45, 7) is 2.48. The van der Waals surface area contributed by atoms with Crippen LogP contribution in [0.5, 0.6) is 5.75 Å². The number of methoxy groups -OCH3 is 1. The number of piperazine rings is 1. The molecule has 2 bridgehead atoms. The Balaban J connectivity index is 1.53. The van der Waals surface area contributed by atoms with Gasteiger partial charge in [-0.1, -0.05) is 18.2 Å². The molecule has 2 heterocycles. The fourth-order valence-electron chi connectivity index (χ4n) is 3.69. The van der Waals surface area contributed by atoms with Gasteiger partial charge >= 0.3 is 0 Å². The third-order valence-corrected chi connectivity index (χ3v) is 5.16. The molecule has 1 aromatic rings. The Morgan fingerprint density at radius 1 is 1.33 bits per heavy atom. The summed E-state index contributed by atoms with van der Waals surface area (Å²) in [7, 11) is 1.67. The lowest BCUT2D eigenvalue weighted by atomic mass is 9.93. The lowest BCUT2D eigenvalue weighted by Crippen LogP contribution is -2.59. The number of nitrogens with one attached hydrogen (secondary N) is 2. The van der Waals surface area contributed by atoms with Crippen LogP contribution in [0.2, 0.25) is 0 Å². The van der Waals surface area contributed by atoms with Gasteiger partial charge < -0.3 is 20.3 Å². The molecule has 2 unspecified atom stereocenters. The van der Waals surface area contributed by atoms with Gasteiger partial charge in [-0.05, 0) is 37.0 Å². The van der Waals surface area contributed by atoms with Crippen LogP contribution >= 0.6 is 0 Å². The van der Waals surface area contributed by atoms with Crippen LogP contribution < -0.4 is 15.4 Å². The average molecular weight is 327 g/mol. The molecule has 1 amide bonds. The van der Waals surface area contributed by atoms with E-state index >= 15 is 0 Å². The van der Waals surface area contributed by atoms with Gasteiger partial charge in [0, 0.05) is 37.3 Å². The number of hydrogen-bond donors (Lipinski definition) is 2. The summed E-state index contributed by atoms with van der Waals surface area (Å²) < 4.78 is 5.31. The highest BCUT2D eigenvalue weighted by Crippen LogP contribution is 2.31. The molecule has 5 nitrogen and oxygen atoms in total. The number of carbonyl (C=O) groups is 1. The van der Waals surface area contributed by atoms with E-state index in [-0.39, 0.29) is 11.9 Å². The van der Waals surface area contributed by atoms with E-state index in [1.54, 1.807) is 7.11 Å². The highest BCUT2D eigenvalue weighted by atomic mass is 16.5. The first kappa shape index (κ1) is 15.7. The summed E-state index contributed by atoms with van der Waals surface area (Å²) in [5.41, 5.74) is 2.06. The van der Waals surface area contributed by atoms with Gasteiger partial charge in [0.2, 0.25) is 0 Å². The Labute approximate surface area is 143 Å². The third-order valence-electron chi connectivity index (χ3n) is 5.16. The van der Waals surface area contributed by atoms with Crippen molar-refractivity contribution in [1.82, 2.24) is 15.5 Å². The Morgan fingerprint density at radius 2 is 2.21 bits per heavy atom. The first-order chi connectivity index (χ1) is 11.7. The predicted octanol–water partition coefficient (Wildman–Crippen LogP) is 1.45. The Kier molecular flexibility index (Phi) is 4.29. The fourth-order valence-corrected chi connectivity index (χ4v) is 3.69. The van der Waals surface area contributed by atoms with Crippen molar-refractivity contribution in [3.8, 4) is 5.75 Å². The summed E-state index contributed by atoms with van der Waals surface area (Å²) in [4.78, 5) is 15.3. The molecule has 2 atom stereocenters. The van der Waals surface area contributed by atoms with Crippen molar-refractivity contribution in [3.05, 3.63) is 41.5 Å². The molecule has 1 aliphatic carbocycles. The molecule has 1 aromatic carbocycles. The zero-order valence-corrected chi connectivity index (χ0v) is 14.1. The normalized spacial score (nSPS) is 25.8. The smallest absolute Gasteiger partial charge is 0.251 e. The van der Waals surface area contributed by atoms with Crippen molar-refractivity contribution < 1.29 is 9.53 Å². The second-order valence-corrected chi connectivity index (χ2v) is 6.99. The average Bonchev–Trinajstić information content (AvgIpc) is 3.45. The van der Waals surface area contributed by atoms with Crippen LogP contribution in [-0.4, -0.2) is 49.1 Å². The van der Waals surface area contributed by atoms with Gasteiger partial charge in [0.1, 0.15) is 5.75 Å². The molecule has 5 heteroatoms. The minimum Gasteiger partial charge on any atom is -0.497 e. The summed E-state index contributed by atoms with van der Waals surface area (Å²) in [6.07, 6.45) is 5.32. The summed E-state index contributed by atoms with van der Waals surface area (Å²) in [5, 5.41) is 7.01. The number of fused-ring (bicyclic) bond motifs is 2. The minimum absolute atomic E-state index is 0.150. The van der Waals surface area contributed by atoms with E-state index in [0.29, 0.717) is 18.6 Å². The number of rotatable bonds is 5. The van der Waals surface area contributed by atoms with Crippen LogP contribution in [0.4, 0.5) is 0 Å². The van der Waals surface area contributed by atoms with E-state index in [0.717, 1.165) is 49.2 Å². The Bertz CT molecular complexity index is 654. The first-order valence-electron chi connectivity index (χ1n) is 8.85. The van der Waals surface area contributed by atoms with E-state index in [4.69, 9.17) is 4.74 Å². The van der Waals surface area contributed by atoms with Gasteiger partial charge in [0.05, 0.1) is 13.2 Å². The topological polar surface area (TPSA) is 53.6 Å². The SMILES string of the molecule is COc1cccc(CN(C(=O)C2=CCC3CNCC2N3)C2CC2)c1. The molecular formula is C19H25N3O2. The van der Waals surface area contributed by atoms with Crippen molar-refractivity contribution in [3.63, 3.8) is 0 Å². The monoisotopic (exact) mass is 327 g/mol. The second-order valence-electron chi connectivity index (χ2n) is 6.99. The van der Waals surface area contributed by atoms with Crippen molar-refractivity contribution >= 4 is 5.91 Å². The molecule has 3 aliphatic rings. The van der Waals surface area contributed by atoms with Gasteiger partial charge in [-0.25, -0.2) is 0 Å². The van der Waals surface area contributed by atoms with Crippen LogP contribution in [0, 0.1) is 0 Å². The Morgan fingerprint density at radius 3 is 3.00 bits per heavy atom. The van der Waals surface area contributed by atoms with E-state index in [1.807, 2.05) is 18.2 Å². The zero-order chi connectivity index (χ0) is 16.5. The predicted molar refractivity (Wildman–Crippen MR) is 92.8 cm³/mol. The van der Waals surface area contributed by atoms with Gasteiger partial charge in [-0.2, -0.15) is 0 Å². The maximum atomic E-state index is 13.2. The zero-order valence-electron chi connectivity index (χ0n) is 14.1. The molecule has 0 radical (unpaired) electrons. The van der Waals surface area contributed by atoms with Crippen molar-refractivity contribution in [2.45, 2.75) is 43.9 Å². The van der Waals surface area contributed by atoms with E-state index in [9.17, 15) is 4.79 Å². The van der Waals surface area contributed by atoms with Crippen molar-refractivity contribution in [1.29, 1.82) is 0 Å². The molecule has 24 heavy (non-hydrogen) atoms. The van der Waals surface area contributed by atoms with Crippen LogP contribution in [0.15, 0.2) is 35.9 Å². The molecule has 4 rings (SSSR count). The molecule has 2 fully saturated rings. The summed E-state index contributed by atoms with van der Waals surface area (Å²) >= 11 is 0. The maximum Gasteiger partial charge on any atom is 0.251 e. The molecular weight excluding hydrogens is 302 g/mol. The molecule has 1 saturated carbocycles. The van der Waals surface area contributed by atoms with Gasteiger partial charge in [-0.15, -0.1) is 0 Å². The van der Waals surface area contributed by atoms with Crippen LogP contribution in [0.1, 0.15) is 24.8 Å². The van der Waals surface area contributed by atoms with Gasteiger partial charge in [0.15, 0.2) is 0 Å². The van der Waals surface area contributed by atoms with Crippen LogP contribution in [0.25, 0.3) is 0 Å². The number of benzene rings is 1. The maximum absolute atomic E-state index is 13.2. The summed E-state index contributed by atoms with van der Waals surface area (Å²) in [6, 6.07) is 9.02. The number of nitrogens with zero attached hydrogens (tertiary/aromatic N) is 1. The van der Waals surface area contributed by atoms with Crippen LogP contribution in [0.3, 0.4) is 0 Å². The van der Waals surface area contributed by atoms with Gasteiger partial charge in [-0.3, -0.25) is 4.79 Å². The standard InChI is InChI=1S/C19H25N3O2/c1-24-16-4-2-3-13(9-16)12-22(15-6-7-15)19(23)17-8-5-14-10-20-11-18(17)21-14/h2-4,8-9,14-15,18,20-21H,5-7,10-12H2,1H3. The molecule has 0 spiro atoms. The highest BCUT2D eigenvalue weighted by molar-refractivity contribution is 5.95. The van der Waals surface area contributed by atoms with E-state index in [2.05, 4.69) is 27.7 Å². The largest absolute Gasteiger partial charge is 0.497 e. The second kappa shape index (κ2) is 6.57. The highest BCUT2D eigenvalue weighted by Gasteiger charge is 2.38. The quantitative estimate of drug-likeness (QED) is 0.859. The van der Waals surface area contributed by atoms with Crippen molar-refractivity contribution in [2.24, 2.45) is 0 Å². The Hall–Kier alpha value is -1.85. The third kappa shape index (κ3) is 3.19. The molecule has 0 aromatic heterocycles. The first-order valence-corrected chi connectivity index (χ1v) is 8.85. The number of hydrogen-bond acceptors (Lipinski definition) is 4.